The van der Waals surface area contributed by atoms with Crippen LogP contribution in [-0.4, -0.2) is 29.2 Å². The smallest absolute Gasteiger partial charge is 0.349 e. The van der Waals surface area contributed by atoms with E-state index in [0.29, 0.717) is 0 Å². The summed E-state index contributed by atoms with van der Waals surface area (Å²) in [4.78, 5) is 21.5. The van der Waals surface area contributed by atoms with Gasteiger partial charge in [-0.2, -0.15) is 0 Å². The van der Waals surface area contributed by atoms with E-state index in [0.717, 1.165) is 4.47 Å². The highest BCUT2D eigenvalue weighted by atomic mass is 79.9. The first-order valence-electron chi connectivity index (χ1n) is 5.17. The minimum absolute atomic E-state index is 0.0371. The van der Waals surface area contributed by atoms with Gasteiger partial charge in [-0.1, -0.05) is 28.1 Å². The predicted molar refractivity (Wildman–Crippen MR) is 66.5 cm³/mol. The third-order valence-corrected chi connectivity index (χ3v) is 2.82. The van der Waals surface area contributed by atoms with E-state index < -0.39 is 23.0 Å². The van der Waals surface area contributed by atoms with Gasteiger partial charge in [0.25, 0.3) is 5.60 Å². The van der Waals surface area contributed by atoms with Crippen LogP contribution >= 0.6 is 15.9 Å². The number of nitrogens with zero attached hydrogens (tertiary/aromatic N) is 1. The summed E-state index contributed by atoms with van der Waals surface area (Å²) in [5, 5.41) is 20.8. The number of nitro groups is 1. The molecule has 0 saturated carbocycles. The number of ether oxygens (including phenoxy) is 1. The number of rotatable bonds is 5. The van der Waals surface area contributed by atoms with E-state index in [1.165, 1.54) is 12.1 Å². The van der Waals surface area contributed by atoms with Crippen molar-refractivity contribution in [2.75, 3.05) is 13.2 Å². The molecule has 0 unspecified atom stereocenters. The van der Waals surface area contributed by atoms with Gasteiger partial charge in [-0.3, -0.25) is 10.1 Å². The molecule has 0 amide bonds. The number of hydrogen-bond donors (Lipinski definition) is 1. The number of carbonyl (C=O) groups is 1. The van der Waals surface area contributed by atoms with Crippen molar-refractivity contribution in [2.45, 2.75) is 12.5 Å². The van der Waals surface area contributed by atoms with Crippen LogP contribution in [0.5, 0.6) is 0 Å². The fourth-order valence-corrected chi connectivity index (χ4v) is 1.70. The van der Waals surface area contributed by atoms with Crippen molar-refractivity contribution in [3.05, 3.63) is 44.4 Å². The van der Waals surface area contributed by atoms with Crippen LogP contribution in [0.25, 0.3) is 0 Å². The lowest BCUT2D eigenvalue weighted by Crippen LogP contribution is -2.43. The number of hydrogen-bond acceptors (Lipinski definition) is 5. The second kappa shape index (κ2) is 5.92. The van der Waals surface area contributed by atoms with Gasteiger partial charge in [-0.05, 0) is 19.1 Å². The maximum Gasteiger partial charge on any atom is 0.349 e. The number of aliphatic hydroxyl groups is 1. The van der Waals surface area contributed by atoms with E-state index in [2.05, 4.69) is 20.7 Å². The summed E-state index contributed by atoms with van der Waals surface area (Å²) in [6, 6.07) is 6.04. The van der Waals surface area contributed by atoms with E-state index in [4.69, 9.17) is 0 Å². The normalized spacial score (nSPS) is 13.7. The molecular weight excluding hydrogens is 306 g/mol. The molecule has 0 radical (unpaired) electrons. The molecule has 0 saturated heterocycles. The predicted octanol–water partition coefficient (Wildman–Crippen LogP) is 1.48. The van der Waals surface area contributed by atoms with Crippen molar-refractivity contribution in [3.8, 4) is 0 Å². The molecular formula is C11H12BrNO5. The molecule has 0 bridgehead atoms. The standard InChI is InChI=1S/C11H12BrNO5/c1-2-18-10(14)11(15,7-13(16)17)8-3-5-9(12)6-4-8/h3-6,15H,2,7H2,1H3/t11-/m0/s1. The molecule has 1 atom stereocenters. The van der Waals surface area contributed by atoms with Gasteiger partial charge in [-0.15, -0.1) is 0 Å². The third kappa shape index (κ3) is 3.27. The summed E-state index contributed by atoms with van der Waals surface area (Å²) in [5.74, 6) is -1.02. The number of halogens is 1. The molecule has 0 fully saturated rings. The molecule has 0 heterocycles. The summed E-state index contributed by atoms with van der Waals surface area (Å²) in [6.07, 6.45) is 0. The van der Waals surface area contributed by atoms with Crippen molar-refractivity contribution >= 4 is 21.9 Å². The molecule has 6 nitrogen and oxygen atoms in total. The Hall–Kier alpha value is -1.47. The van der Waals surface area contributed by atoms with Crippen LogP contribution in [0.3, 0.4) is 0 Å². The Labute approximate surface area is 112 Å². The van der Waals surface area contributed by atoms with E-state index in [9.17, 15) is 20.0 Å². The topological polar surface area (TPSA) is 89.7 Å². The van der Waals surface area contributed by atoms with Crippen LogP contribution in [0.1, 0.15) is 12.5 Å². The maximum atomic E-state index is 11.7. The number of benzene rings is 1. The summed E-state index contributed by atoms with van der Waals surface area (Å²) in [5.41, 5.74) is -2.14. The van der Waals surface area contributed by atoms with E-state index in [-0.39, 0.29) is 12.2 Å². The maximum absolute atomic E-state index is 11.7. The minimum Gasteiger partial charge on any atom is -0.463 e. The molecule has 0 aromatic heterocycles. The lowest BCUT2D eigenvalue weighted by Gasteiger charge is -2.22. The summed E-state index contributed by atoms with van der Waals surface area (Å²) in [7, 11) is 0. The van der Waals surface area contributed by atoms with Gasteiger partial charge in [0.05, 0.1) is 6.61 Å². The first-order chi connectivity index (χ1) is 8.40. The Morgan fingerprint density at radius 3 is 2.50 bits per heavy atom. The highest BCUT2D eigenvalue weighted by molar-refractivity contribution is 9.10. The van der Waals surface area contributed by atoms with Gasteiger partial charge in [0.2, 0.25) is 6.54 Å². The molecule has 18 heavy (non-hydrogen) atoms. The molecule has 0 aliphatic rings. The zero-order chi connectivity index (χ0) is 13.8. The highest BCUT2D eigenvalue weighted by Gasteiger charge is 2.45. The Morgan fingerprint density at radius 2 is 2.06 bits per heavy atom. The lowest BCUT2D eigenvalue weighted by atomic mass is 9.94. The lowest BCUT2D eigenvalue weighted by molar-refractivity contribution is -0.499. The third-order valence-electron chi connectivity index (χ3n) is 2.29. The molecule has 0 aliphatic carbocycles. The second-order valence-corrected chi connectivity index (χ2v) is 4.49. The molecule has 1 N–H and O–H groups in total. The van der Waals surface area contributed by atoms with E-state index in [1.807, 2.05) is 0 Å². The van der Waals surface area contributed by atoms with Gasteiger partial charge in [0.1, 0.15) is 0 Å². The van der Waals surface area contributed by atoms with Crippen molar-refractivity contribution in [2.24, 2.45) is 0 Å². The van der Waals surface area contributed by atoms with Gasteiger partial charge >= 0.3 is 5.97 Å². The van der Waals surface area contributed by atoms with Crippen molar-refractivity contribution in [1.82, 2.24) is 0 Å². The fraction of sp³-hybridized carbons (Fsp3) is 0.364. The zero-order valence-corrected chi connectivity index (χ0v) is 11.2. The summed E-state index contributed by atoms with van der Waals surface area (Å²) < 4.78 is 5.42. The average molecular weight is 318 g/mol. The largest absolute Gasteiger partial charge is 0.463 e. The van der Waals surface area contributed by atoms with Gasteiger partial charge in [0.15, 0.2) is 0 Å². The van der Waals surface area contributed by atoms with Gasteiger partial charge < -0.3 is 9.84 Å². The molecule has 1 aromatic carbocycles. The average Bonchev–Trinajstić information content (AvgIpc) is 2.29. The van der Waals surface area contributed by atoms with E-state index >= 15 is 0 Å². The summed E-state index contributed by atoms with van der Waals surface area (Å²) in [6.45, 7) is 0.662. The highest BCUT2D eigenvalue weighted by Crippen LogP contribution is 2.25. The fourth-order valence-electron chi connectivity index (χ4n) is 1.44. The summed E-state index contributed by atoms with van der Waals surface area (Å²) >= 11 is 3.20. The second-order valence-electron chi connectivity index (χ2n) is 3.58. The van der Waals surface area contributed by atoms with Crippen LogP contribution in [0.2, 0.25) is 0 Å². The Kier molecular flexibility index (Phi) is 4.80. The quantitative estimate of drug-likeness (QED) is 0.504. The van der Waals surface area contributed by atoms with Crippen LogP contribution in [0.4, 0.5) is 0 Å². The molecule has 7 heteroatoms. The van der Waals surface area contributed by atoms with Crippen molar-refractivity contribution in [3.63, 3.8) is 0 Å². The van der Waals surface area contributed by atoms with E-state index in [1.54, 1.807) is 19.1 Å². The van der Waals surface area contributed by atoms with Gasteiger partial charge in [0, 0.05) is 15.0 Å². The monoisotopic (exact) mass is 317 g/mol. The van der Waals surface area contributed by atoms with Crippen molar-refractivity contribution in [1.29, 1.82) is 0 Å². The minimum atomic E-state index is -2.26. The molecule has 1 aromatic rings. The molecule has 0 aliphatic heterocycles. The number of esters is 1. The Balaban J connectivity index is 3.14. The number of carbonyl (C=O) groups excluding carboxylic acids is 1. The van der Waals surface area contributed by atoms with Crippen LogP contribution in [-0.2, 0) is 15.1 Å². The van der Waals surface area contributed by atoms with Crippen LogP contribution in [0.15, 0.2) is 28.7 Å². The zero-order valence-electron chi connectivity index (χ0n) is 9.63. The molecule has 1 rings (SSSR count). The van der Waals surface area contributed by atoms with Crippen LogP contribution in [0, 0.1) is 10.1 Å². The van der Waals surface area contributed by atoms with Gasteiger partial charge in [-0.25, -0.2) is 4.79 Å². The Morgan fingerprint density at radius 1 is 1.50 bits per heavy atom. The molecule has 98 valence electrons. The van der Waals surface area contributed by atoms with Crippen LogP contribution < -0.4 is 0 Å². The first-order valence-corrected chi connectivity index (χ1v) is 5.97. The van der Waals surface area contributed by atoms with Crippen molar-refractivity contribution < 1.29 is 19.6 Å². The molecule has 0 spiro atoms. The SMILES string of the molecule is CCOC(=O)[C@](O)(C[N+](=O)[O-])c1ccc(Br)cc1. The first kappa shape index (κ1) is 14.6. The Bertz CT molecular complexity index is 447.